The van der Waals surface area contributed by atoms with Crippen LogP contribution in [0.2, 0.25) is 10.0 Å². The van der Waals surface area contributed by atoms with Gasteiger partial charge in [0.05, 0.1) is 68.5 Å². The smallest absolute Gasteiger partial charge is 0.410 e. The van der Waals surface area contributed by atoms with Gasteiger partial charge in [0.1, 0.15) is 47.8 Å². The molecule has 24 heteroatoms. The highest BCUT2D eigenvalue weighted by molar-refractivity contribution is 6.30. The van der Waals surface area contributed by atoms with Crippen molar-refractivity contribution in [2.75, 3.05) is 32.7 Å². The second kappa shape index (κ2) is 50.2. The zero-order valence-corrected chi connectivity index (χ0v) is 82.0. The molecule has 0 aliphatic carbocycles. The van der Waals surface area contributed by atoms with Crippen LogP contribution >= 0.6 is 23.2 Å². The number of halogens is 2. The highest BCUT2D eigenvalue weighted by Crippen LogP contribution is 2.38. The van der Waals surface area contributed by atoms with E-state index in [4.69, 9.17) is 61.5 Å². The maximum absolute atomic E-state index is 12.4. The van der Waals surface area contributed by atoms with Gasteiger partial charge in [-0.25, -0.2) is 28.8 Å². The summed E-state index contributed by atoms with van der Waals surface area (Å²) in [6.45, 7) is 33.1. The van der Waals surface area contributed by atoms with Crippen molar-refractivity contribution in [3.05, 3.63) is 336 Å². The molecule has 5 heterocycles. The molecule has 5 aliphatic heterocycles. The van der Waals surface area contributed by atoms with Crippen molar-refractivity contribution >= 4 is 72.6 Å². The number of carbonyl (C=O) groups is 8. The minimum Gasteiger partial charge on any atom is -0.508 e. The van der Waals surface area contributed by atoms with E-state index in [1.54, 1.807) is 63.2 Å². The quantitative estimate of drug-likeness (QED) is 0.0276. The first-order valence-electron chi connectivity index (χ1n) is 47.3. The molecule has 5 amide bonds. The van der Waals surface area contributed by atoms with Crippen molar-refractivity contribution < 1.29 is 81.7 Å². The van der Waals surface area contributed by atoms with E-state index in [2.05, 4.69) is 159 Å². The van der Waals surface area contributed by atoms with Crippen molar-refractivity contribution in [3.63, 3.8) is 0 Å². The van der Waals surface area contributed by atoms with Crippen molar-refractivity contribution in [3.8, 4) is 17.2 Å². The Labute approximate surface area is 811 Å². The summed E-state index contributed by atoms with van der Waals surface area (Å²) in [4.78, 5) is 102. The first kappa shape index (κ1) is 104. The standard InChI is InChI=1S/C23H25NO6.C23H27NO4.2C22H26ClNO2.C22H27NO3/c1-15(17-4-6-19(7-5-17)22(26)27)3-10-21-13-24(23(28)30-21)16(2)18-8-11-20(12-9-18)29-14-25;1-16-4-7-19(8-5-16)17(2)6-11-22-14-24(23(26)28-22)18(3)20-9-12-21(13-10-20)27-15-25;2*1-15-4-7-18(8-5-15)16(2)6-13-21-14-24(22(25)26-21)17(3)19-9-11-20(23)12-10-19;1-15-4-7-18(8-5-15)16(2)6-13-21-14-23(22(25)26-21)17(3)19-9-11-20(24)12-10-19/h4-9,11-12,14-16,21H,3,10,13H2,1-2H3,(H,26,27);4-5,7-10,12-13,15,17-18,22H,6,11,14H2,1-3H3;2*4-5,7-12,16-17,21H,6,13-14H2,1-3H3;4-5,7-12,16-17,21,24H,6,13-14H2,1-3H3/t15-,16+,21+;17-,18+,22-;16-,17+,21+;2*16-,17+,21-/m11111/s1. The Bertz CT molecular complexity index is 5190. The van der Waals surface area contributed by atoms with Gasteiger partial charge in [0.2, 0.25) is 0 Å². The molecule has 15 atom stereocenters. The number of cyclic esters (lactones) is 5. The van der Waals surface area contributed by atoms with Crippen LogP contribution in [0.4, 0.5) is 24.0 Å². The molecule has 136 heavy (non-hydrogen) atoms. The summed E-state index contributed by atoms with van der Waals surface area (Å²) in [5, 5.41) is 19.8. The first-order chi connectivity index (χ1) is 65.2. The highest BCUT2D eigenvalue weighted by Gasteiger charge is 2.40. The number of carboxylic acids is 1. The van der Waals surface area contributed by atoms with Crippen LogP contribution in [0.3, 0.4) is 0 Å². The molecule has 0 spiro atoms. The Morgan fingerprint density at radius 1 is 0.309 bits per heavy atom. The number of nitrogens with zero attached hydrogens (tertiary/aromatic N) is 5. The number of phenols is 1. The number of benzene rings is 10. The number of ether oxygens (including phenoxy) is 7. The van der Waals surface area contributed by atoms with Gasteiger partial charge >= 0.3 is 36.4 Å². The summed E-state index contributed by atoms with van der Waals surface area (Å²) in [7, 11) is 0. The van der Waals surface area contributed by atoms with E-state index in [0.717, 1.165) is 97.6 Å². The van der Waals surface area contributed by atoms with Crippen molar-refractivity contribution in [1.82, 2.24) is 24.5 Å². The summed E-state index contributed by atoms with van der Waals surface area (Å²) in [6.07, 6.45) is 7.28. The lowest BCUT2D eigenvalue weighted by Crippen LogP contribution is -2.28. The predicted molar refractivity (Wildman–Crippen MR) is 531 cm³/mol. The fraction of sp³-hybridized carbons (Fsp3) is 0.393. The van der Waals surface area contributed by atoms with Crippen LogP contribution in [0.1, 0.15) is 281 Å². The van der Waals surface area contributed by atoms with Gasteiger partial charge in [-0.15, -0.1) is 0 Å². The van der Waals surface area contributed by atoms with E-state index < -0.39 is 5.97 Å². The minimum atomic E-state index is -0.938. The normalized spacial score (nSPS) is 18.8. The molecule has 0 saturated carbocycles. The fourth-order valence-corrected chi connectivity index (χ4v) is 17.7. The average molecular weight is 1890 g/mol. The number of hydrogen-bond acceptors (Lipinski definition) is 16. The molecule has 10 aromatic carbocycles. The third-order valence-electron chi connectivity index (χ3n) is 26.9. The number of carboxylic acid groups (broad SMARTS) is 1. The number of carbonyl (C=O) groups excluding carboxylic acids is 7. The second-order valence-corrected chi connectivity index (χ2v) is 37.8. The maximum atomic E-state index is 12.4. The number of aromatic carboxylic acids is 1. The van der Waals surface area contributed by atoms with Crippen LogP contribution in [0.5, 0.6) is 17.2 Å². The molecular weight excluding hydrogens is 1760 g/mol. The summed E-state index contributed by atoms with van der Waals surface area (Å²) in [6, 6.07) is 77.6. The van der Waals surface area contributed by atoms with Gasteiger partial charge in [-0.2, -0.15) is 0 Å². The molecule has 15 rings (SSSR count). The fourth-order valence-electron chi connectivity index (χ4n) is 17.5. The van der Waals surface area contributed by atoms with Crippen LogP contribution in [0, 0.1) is 27.7 Å². The summed E-state index contributed by atoms with van der Waals surface area (Å²) in [5.74, 6) is 2.23. The van der Waals surface area contributed by atoms with Gasteiger partial charge in [0.25, 0.3) is 12.9 Å². The molecule has 5 saturated heterocycles. The van der Waals surface area contributed by atoms with Crippen LogP contribution in [-0.2, 0) is 33.3 Å². The predicted octanol–water partition coefficient (Wildman–Crippen LogP) is 26.8. The monoisotopic (exact) mass is 1890 g/mol. The van der Waals surface area contributed by atoms with E-state index in [9.17, 15) is 43.5 Å². The van der Waals surface area contributed by atoms with Gasteiger partial charge in [-0.1, -0.05) is 250 Å². The number of aryl methyl sites for hydroxylation is 4. The van der Waals surface area contributed by atoms with Gasteiger partial charge in [-0.3, -0.25) is 34.1 Å². The zero-order valence-electron chi connectivity index (χ0n) is 80.5. The van der Waals surface area contributed by atoms with Crippen molar-refractivity contribution in [1.29, 1.82) is 0 Å². The third-order valence-corrected chi connectivity index (χ3v) is 27.4. The summed E-state index contributed by atoms with van der Waals surface area (Å²) < 4.78 is 37.6. The van der Waals surface area contributed by atoms with Crippen molar-refractivity contribution in [2.24, 2.45) is 0 Å². The SMILES string of the molecule is C[C@H](CC[C@H]1CN([C@@H](C)c2ccc(OC=O)cc2)C(=O)O1)c1ccc(C(=O)O)cc1.Cc1ccc([C@H](C)CC[C@@H]2CN([C@@H](C)c3ccc(Cl)cc3)C(=O)O2)cc1.Cc1ccc([C@H](C)CC[C@@H]2CN([C@@H](C)c3ccc(O)cc3)C(=O)O2)cc1.Cc1ccc([C@H](C)CC[C@@H]2CN([C@@H](C)c3ccc(OC=O)cc3)C(=O)O2)cc1.Cc1ccc([C@H](C)CC[C@H]2CN([C@@H](C)c3ccc(Cl)cc3)C(=O)O2)cc1. The molecule has 2 N–H and O–H groups in total. The van der Waals surface area contributed by atoms with Crippen LogP contribution in [-0.4, -0.2) is 147 Å². The van der Waals surface area contributed by atoms with Gasteiger partial charge in [-0.05, 0) is 285 Å². The summed E-state index contributed by atoms with van der Waals surface area (Å²) in [5.41, 5.74) is 16.8. The molecule has 22 nitrogen and oxygen atoms in total. The Morgan fingerprint density at radius 2 is 0.493 bits per heavy atom. The van der Waals surface area contributed by atoms with E-state index in [1.807, 2.05) is 141 Å². The topological polar surface area (TPSA) is 258 Å². The lowest BCUT2D eigenvalue weighted by molar-refractivity contribution is -0.121. The Morgan fingerprint density at radius 3 is 0.691 bits per heavy atom. The first-order valence-corrected chi connectivity index (χ1v) is 48.1. The molecular formula is C112H131Cl2N5O17. The molecule has 0 unspecified atom stereocenters. The zero-order chi connectivity index (χ0) is 97.8. The number of aromatic hydroxyl groups is 1. The van der Waals surface area contributed by atoms with E-state index in [-0.39, 0.29) is 108 Å². The van der Waals surface area contributed by atoms with Gasteiger partial charge in [0.15, 0.2) is 0 Å². The molecule has 10 aromatic rings. The lowest BCUT2D eigenvalue weighted by Gasteiger charge is -2.22. The molecule has 0 aromatic heterocycles. The number of amides is 5. The second-order valence-electron chi connectivity index (χ2n) is 36.9. The Balaban J connectivity index is 0.000000163. The van der Waals surface area contributed by atoms with Crippen LogP contribution in [0.15, 0.2) is 243 Å². The highest BCUT2D eigenvalue weighted by atomic mass is 35.5. The summed E-state index contributed by atoms with van der Waals surface area (Å²) >= 11 is 11.9. The van der Waals surface area contributed by atoms with Crippen LogP contribution < -0.4 is 9.47 Å². The lowest BCUT2D eigenvalue weighted by atomic mass is 9.94. The Kier molecular flexibility index (Phi) is 38.4. The number of rotatable bonds is 35. The van der Waals surface area contributed by atoms with E-state index in [1.165, 1.54) is 44.5 Å². The van der Waals surface area contributed by atoms with Gasteiger partial charge in [0, 0.05) is 10.0 Å². The molecule has 5 fully saturated rings. The van der Waals surface area contributed by atoms with Gasteiger partial charge < -0.3 is 43.4 Å². The number of phenolic OH excluding ortho intramolecular Hbond substituents is 1. The minimum absolute atomic E-state index is 0.0145. The molecule has 5 aliphatic rings. The molecule has 0 bridgehead atoms. The van der Waals surface area contributed by atoms with E-state index >= 15 is 0 Å². The number of hydrogen-bond donors (Lipinski definition) is 2. The molecule has 720 valence electrons. The molecule has 0 radical (unpaired) electrons. The average Bonchev–Trinajstić information content (AvgIpc) is 1.71. The third kappa shape index (κ3) is 29.9. The maximum Gasteiger partial charge on any atom is 0.410 e. The van der Waals surface area contributed by atoms with Crippen LogP contribution in [0.25, 0.3) is 0 Å². The van der Waals surface area contributed by atoms with Crippen molar-refractivity contribution in [2.45, 2.75) is 251 Å². The van der Waals surface area contributed by atoms with E-state index in [0.29, 0.717) is 90.9 Å². The Hall–Kier alpha value is -12.7. The largest absolute Gasteiger partial charge is 0.508 e.